The van der Waals surface area contributed by atoms with E-state index in [9.17, 15) is 4.79 Å². The normalized spacial score (nSPS) is 18.3. The van der Waals surface area contributed by atoms with E-state index >= 15 is 0 Å². The molecule has 8 heteroatoms. The van der Waals surface area contributed by atoms with Crippen molar-refractivity contribution in [2.45, 2.75) is 57.9 Å². The number of anilines is 1. The summed E-state index contributed by atoms with van der Waals surface area (Å²) in [4.78, 5) is 25.2. The fourth-order valence-electron chi connectivity index (χ4n) is 4.22. The third-order valence-corrected chi connectivity index (χ3v) is 6.19. The van der Waals surface area contributed by atoms with Crippen molar-refractivity contribution in [2.75, 3.05) is 45.2 Å². The predicted molar refractivity (Wildman–Crippen MR) is 138 cm³/mol. The fraction of sp³-hybridized carbons (Fsp3) is 0.696. The number of aryl methyl sites for hydroxylation is 1. The monoisotopic (exact) mass is 542 g/mol. The van der Waals surface area contributed by atoms with Gasteiger partial charge in [-0.05, 0) is 50.7 Å². The molecular formula is C23H39IN6O. The number of carbonyl (C=O) groups is 1. The van der Waals surface area contributed by atoms with Gasteiger partial charge in [0.1, 0.15) is 12.4 Å². The van der Waals surface area contributed by atoms with Crippen LogP contribution in [0.4, 0.5) is 5.82 Å². The molecule has 2 heterocycles. The molecule has 174 valence electrons. The molecule has 0 aromatic carbocycles. The van der Waals surface area contributed by atoms with Gasteiger partial charge in [0.2, 0.25) is 5.91 Å². The minimum atomic E-state index is 0. The van der Waals surface area contributed by atoms with E-state index in [1.807, 2.05) is 13.0 Å². The Labute approximate surface area is 204 Å². The molecule has 3 rings (SSSR count). The van der Waals surface area contributed by atoms with E-state index in [1.54, 1.807) is 19.0 Å². The van der Waals surface area contributed by atoms with E-state index < -0.39 is 0 Å². The molecule has 0 bridgehead atoms. The number of likely N-dealkylation sites (N-methyl/N-ethyl adjacent to an activating group) is 1. The Hall–Kier alpha value is -1.58. The van der Waals surface area contributed by atoms with Gasteiger partial charge in [0.05, 0.1) is 0 Å². The first kappa shape index (κ1) is 25.7. The second-order valence-corrected chi connectivity index (χ2v) is 8.88. The Bertz CT molecular complexity index is 712. The smallest absolute Gasteiger partial charge is 0.243 e. The Morgan fingerprint density at radius 2 is 1.87 bits per heavy atom. The standard InChI is InChI=1S/C23H38N6O.HI/c1-18-8-7-11-21(26-18)29-14-12-20(13-15-29)27-23(25-17-22(30)28(2)3)24-16-19-9-5-4-6-10-19;/h7-8,11,19-20H,4-6,9-10,12-17H2,1-3H3,(H2,24,25,27);1H. The van der Waals surface area contributed by atoms with Gasteiger partial charge in [-0.15, -0.1) is 24.0 Å². The molecule has 2 aliphatic rings. The summed E-state index contributed by atoms with van der Waals surface area (Å²) in [5, 5.41) is 7.12. The lowest BCUT2D eigenvalue weighted by atomic mass is 9.89. The predicted octanol–water partition coefficient (Wildman–Crippen LogP) is 3.18. The Kier molecular flexibility index (Phi) is 10.8. The van der Waals surface area contributed by atoms with Crippen molar-refractivity contribution in [2.24, 2.45) is 10.9 Å². The highest BCUT2D eigenvalue weighted by Gasteiger charge is 2.22. The lowest BCUT2D eigenvalue weighted by molar-refractivity contribution is -0.127. The molecule has 1 aliphatic heterocycles. The maximum atomic E-state index is 12.0. The topological polar surface area (TPSA) is 72.9 Å². The second kappa shape index (κ2) is 13.1. The number of aliphatic imine (C=N–C) groups is 1. The number of carbonyl (C=O) groups excluding carboxylic acids is 1. The number of piperidine rings is 1. The maximum absolute atomic E-state index is 12.0. The molecule has 1 aliphatic carbocycles. The van der Waals surface area contributed by atoms with Crippen molar-refractivity contribution < 1.29 is 4.79 Å². The van der Waals surface area contributed by atoms with E-state index in [0.29, 0.717) is 12.0 Å². The average molecular weight is 543 g/mol. The number of aromatic nitrogens is 1. The molecule has 0 spiro atoms. The molecule has 1 aromatic rings. The SMILES string of the molecule is Cc1cccc(N2CCC(NC(=NCC(=O)N(C)C)NCC3CCCCC3)CC2)n1.I. The summed E-state index contributed by atoms with van der Waals surface area (Å²) in [5.41, 5.74) is 1.06. The molecule has 1 saturated carbocycles. The molecular weight excluding hydrogens is 503 g/mol. The number of rotatable bonds is 6. The van der Waals surface area contributed by atoms with Gasteiger partial charge in [-0.25, -0.2) is 9.98 Å². The maximum Gasteiger partial charge on any atom is 0.243 e. The van der Waals surface area contributed by atoms with Gasteiger partial charge in [0.25, 0.3) is 0 Å². The van der Waals surface area contributed by atoms with Gasteiger partial charge in [-0.3, -0.25) is 4.79 Å². The van der Waals surface area contributed by atoms with Crippen molar-refractivity contribution in [1.82, 2.24) is 20.5 Å². The van der Waals surface area contributed by atoms with Gasteiger partial charge in [0.15, 0.2) is 5.96 Å². The summed E-state index contributed by atoms with van der Waals surface area (Å²) in [5.74, 6) is 2.58. The Morgan fingerprint density at radius 1 is 1.16 bits per heavy atom. The first-order valence-corrected chi connectivity index (χ1v) is 11.4. The lowest BCUT2D eigenvalue weighted by Crippen LogP contribution is -2.50. The molecule has 31 heavy (non-hydrogen) atoms. The van der Waals surface area contributed by atoms with Crippen LogP contribution in [0, 0.1) is 12.8 Å². The van der Waals surface area contributed by atoms with Gasteiger partial charge < -0.3 is 20.4 Å². The van der Waals surface area contributed by atoms with E-state index in [1.165, 1.54) is 32.1 Å². The molecule has 0 unspecified atom stereocenters. The van der Waals surface area contributed by atoms with E-state index in [0.717, 1.165) is 49.9 Å². The molecule has 7 nitrogen and oxygen atoms in total. The van der Waals surface area contributed by atoms with Crippen molar-refractivity contribution in [3.8, 4) is 0 Å². The highest BCUT2D eigenvalue weighted by atomic mass is 127. The zero-order chi connectivity index (χ0) is 21.3. The van der Waals surface area contributed by atoms with Gasteiger partial charge >= 0.3 is 0 Å². The van der Waals surface area contributed by atoms with Crippen molar-refractivity contribution in [3.63, 3.8) is 0 Å². The first-order valence-electron chi connectivity index (χ1n) is 11.4. The Morgan fingerprint density at radius 3 is 2.52 bits per heavy atom. The summed E-state index contributed by atoms with van der Waals surface area (Å²) in [6, 6.07) is 6.56. The quantitative estimate of drug-likeness (QED) is 0.328. The van der Waals surface area contributed by atoms with Gasteiger partial charge in [0, 0.05) is 45.5 Å². The summed E-state index contributed by atoms with van der Waals surface area (Å²) in [6.45, 7) is 5.10. The van der Waals surface area contributed by atoms with Crippen LogP contribution in [-0.4, -0.2) is 68.1 Å². The van der Waals surface area contributed by atoms with Crippen LogP contribution in [0.5, 0.6) is 0 Å². The Balaban J connectivity index is 0.00000341. The molecule has 2 fully saturated rings. The summed E-state index contributed by atoms with van der Waals surface area (Å²) < 4.78 is 0. The molecule has 0 radical (unpaired) electrons. The number of guanidine groups is 1. The molecule has 1 saturated heterocycles. The largest absolute Gasteiger partial charge is 0.356 e. The second-order valence-electron chi connectivity index (χ2n) is 8.88. The number of halogens is 1. The van der Waals surface area contributed by atoms with Crippen LogP contribution >= 0.6 is 24.0 Å². The summed E-state index contributed by atoms with van der Waals surface area (Å²) in [6.07, 6.45) is 8.66. The number of nitrogens with one attached hydrogen (secondary N) is 2. The average Bonchev–Trinajstić information content (AvgIpc) is 2.76. The van der Waals surface area contributed by atoms with Crippen LogP contribution in [0.1, 0.15) is 50.6 Å². The highest BCUT2D eigenvalue weighted by molar-refractivity contribution is 14.0. The molecule has 1 aromatic heterocycles. The first-order chi connectivity index (χ1) is 14.5. The number of hydrogen-bond acceptors (Lipinski definition) is 4. The van der Waals surface area contributed by atoms with Crippen molar-refractivity contribution in [1.29, 1.82) is 0 Å². The summed E-state index contributed by atoms with van der Waals surface area (Å²) >= 11 is 0. The zero-order valence-corrected chi connectivity index (χ0v) is 21.6. The minimum Gasteiger partial charge on any atom is -0.356 e. The number of amides is 1. The van der Waals surface area contributed by atoms with Crippen LogP contribution < -0.4 is 15.5 Å². The minimum absolute atomic E-state index is 0. The van der Waals surface area contributed by atoms with Crippen LogP contribution in [-0.2, 0) is 4.79 Å². The number of pyridine rings is 1. The third-order valence-electron chi connectivity index (χ3n) is 6.19. The van der Waals surface area contributed by atoms with Crippen LogP contribution in [0.3, 0.4) is 0 Å². The van der Waals surface area contributed by atoms with E-state index in [2.05, 4.69) is 37.6 Å². The van der Waals surface area contributed by atoms with Crippen molar-refractivity contribution in [3.05, 3.63) is 23.9 Å². The molecule has 1 amide bonds. The molecule has 0 atom stereocenters. The van der Waals surface area contributed by atoms with Gasteiger partial charge in [-0.1, -0.05) is 25.3 Å². The highest BCUT2D eigenvalue weighted by Crippen LogP contribution is 2.23. The van der Waals surface area contributed by atoms with E-state index in [4.69, 9.17) is 0 Å². The van der Waals surface area contributed by atoms with Crippen molar-refractivity contribution >= 4 is 41.7 Å². The van der Waals surface area contributed by atoms with Crippen LogP contribution in [0.15, 0.2) is 23.2 Å². The fourth-order valence-corrected chi connectivity index (χ4v) is 4.22. The van der Waals surface area contributed by atoms with Gasteiger partial charge in [-0.2, -0.15) is 0 Å². The number of hydrogen-bond donors (Lipinski definition) is 2. The zero-order valence-electron chi connectivity index (χ0n) is 19.3. The lowest BCUT2D eigenvalue weighted by Gasteiger charge is -2.34. The number of nitrogens with zero attached hydrogens (tertiary/aromatic N) is 4. The van der Waals surface area contributed by atoms with E-state index in [-0.39, 0.29) is 36.4 Å². The summed E-state index contributed by atoms with van der Waals surface area (Å²) in [7, 11) is 3.55. The van der Waals surface area contributed by atoms with Crippen LogP contribution in [0.25, 0.3) is 0 Å². The molecule has 2 N–H and O–H groups in total. The third kappa shape index (κ3) is 8.46. The van der Waals surface area contributed by atoms with Crippen LogP contribution in [0.2, 0.25) is 0 Å².